The number of fused-ring (bicyclic) bond motifs is 1. The Bertz CT molecular complexity index is 1330. The Morgan fingerprint density at radius 2 is 1.90 bits per heavy atom. The maximum atomic E-state index is 12.7. The van der Waals surface area contributed by atoms with Crippen LogP contribution >= 0.6 is 23.1 Å². The molecule has 2 heterocycles. The van der Waals surface area contributed by atoms with E-state index in [4.69, 9.17) is 0 Å². The number of nitro benzene ring substituents is 1. The molecule has 0 saturated carbocycles. The molecular formula is C21H16N4O4S2. The Labute approximate surface area is 184 Å². The van der Waals surface area contributed by atoms with Crippen molar-refractivity contribution in [3.63, 3.8) is 0 Å². The predicted octanol–water partition coefficient (Wildman–Crippen LogP) is 4.60. The fourth-order valence-electron chi connectivity index (χ4n) is 2.94. The smallest absolute Gasteiger partial charge is 0.269 e. The summed E-state index contributed by atoms with van der Waals surface area (Å²) in [6.45, 7) is 2.01. The molecule has 156 valence electrons. The summed E-state index contributed by atoms with van der Waals surface area (Å²) in [5, 5.41) is 16.2. The van der Waals surface area contributed by atoms with Gasteiger partial charge >= 0.3 is 0 Å². The van der Waals surface area contributed by atoms with Crippen molar-refractivity contribution in [2.45, 2.75) is 12.1 Å². The van der Waals surface area contributed by atoms with Gasteiger partial charge in [-0.05, 0) is 24.6 Å². The van der Waals surface area contributed by atoms with Crippen LogP contribution in [0.2, 0.25) is 0 Å². The normalized spacial score (nSPS) is 10.9. The molecule has 0 radical (unpaired) electrons. The Kier molecular flexibility index (Phi) is 5.83. The van der Waals surface area contributed by atoms with E-state index in [0.717, 1.165) is 28.5 Å². The van der Waals surface area contributed by atoms with Crippen molar-refractivity contribution in [3.05, 3.63) is 79.9 Å². The SMILES string of the molecule is Cc1ccc(-c2csc3nc(SCC(=O)Nc4ccc([N+](=O)[O-])cc4)[nH]c(=O)c23)cc1. The molecule has 0 spiro atoms. The molecule has 8 nitrogen and oxygen atoms in total. The van der Waals surface area contributed by atoms with Gasteiger partial charge < -0.3 is 10.3 Å². The first-order valence-corrected chi connectivity index (χ1v) is 11.0. The molecule has 2 aromatic carbocycles. The van der Waals surface area contributed by atoms with E-state index in [1.807, 2.05) is 36.6 Å². The van der Waals surface area contributed by atoms with Crippen molar-refractivity contribution >= 4 is 50.6 Å². The minimum atomic E-state index is -0.506. The Morgan fingerprint density at radius 1 is 1.19 bits per heavy atom. The van der Waals surface area contributed by atoms with Crippen molar-refractivity contribution in [2.75, 3.05) is 11.1 Å². The summed E-state index contributed by atoms with van der Waals surface area (Å²) < 4.78 is 0. The van der Waals surface area contributed by atoms with Crippen molar-refractivity contribution in [3.8, 4) is 11.1 Å². The van der Waals surface area contributed by atoms with Crippen molar-refractivity contribution in [1.82, 2.24) is 9.97 Å². The number of nitrogens with zero attached hydrogens (tertiary/aromatic N) is 2. The highest BCUT2D eigenvalue weighted by atomic mass is 32.2. The summed E-state index contributed by atoms with van der Waals surface area (Å²) in [5.41, 5.74) is 3.08. The third kappa shape index (κ3) is 4.65. The molecule has 0 unspecified atom stereocenters. The summed E-state index contributed by atoms with van der Waals surface area (Å²) in [5.74, 6) is -0.283. The average molecular weight is 453 g/mol. The van der Waals surface area contributed by atoms with Crippen LogP contribution in [0.5, 0.6) is 0 Å². The quantitative estimate of drug-likeness (QED) is 0.191. The number of anilines is 1. The van der Waals surface area contributed by atoms with Gasteiger partial charge in [0.25, 0.3) is 11.2 Å². The van der Waals surface area contributed by atoms with Crippen LogP contribution < -0.4 is 10.9 Å². The molecule has 31 heavy (non-hydrogen) atoms. The summed E-state index contributed by atoms with van der Waals surface area (Å²) in [7, 11) is 0. The summed E-state index contributed by atoms with van der Waals surface area (Å²) in [6.07, 6.45) is 0. The number of thiophene rings is 1. The molecule has 10 heteroatoms. The summed E-state index contributed by atoms with van der Waals surface area (Å²) in [4.78, 5) is 42.9. The number of nitro groups is 1. The molecule has 4 aromatic rings. The largest absolute Gasteiger partial charge is 0.325 e. The lowest BCUT2D eigenvalue weighted by atomic mass is 10.1. The van der Waals surface area contributed by atoms with E-state index < -0.39 is 4.92 Å². The topological polar surface area (TPSA) is 118 Å². The van der Waals surface area contributed by atoms with Crippen LogP contribution in [0.4, 0.5) is 11.4 Å². The Morgan fingerprint density at radius 3 is 2.58 bits per heavy atom. The van der Waals surface area contributed by atoms with Gasteiger partial charge in [-0.15, -0.1) is 11.3 Å². The number of nitrogens with one attached hydrogen (secondary N) is 2. The first kappa shape index (κ1) is 20.8. The lowest BCUT2D eigenvalue weighted by Crippen LogP contribution is -2.15. The predicted molar refractivity (Wildman–Crippen MR) is 123 cm³/mol. The second-order valence-corrected chi connectivity index (χ2v) is 8.53. The lowest BCUT2D eigenvalue weighted by molar-refractivity contribution is -0.384. The van der Waals surface area contributed by atoms with Crippen LogP contribution in [0.3, 0.4) is 0 Å². The van der Waals surface area contributed by atoms with Gasteiger partial charge in [0, 0.05) is 28.8 Å². The van der Waals surface area contributed by atoms with Crippen LogP contribution in [-0.2, 0) is 4.79 Å². The monoisotopic (exact) mass is 452 g/mol. The molecule has 2 aromatic heterocycles. The molecule has 1 amide bonds. The maximum Gasteiger partial charge on any atom is 0.269 e. The third-order valence-corrected chi connectivity index (χ3v) is 6.23. The molecular weight excluding hydrogens is 436 g/mol. The van der Waals surface area contributed by atoms with Gasteiger partial charge in [-0.25, -0.2) is 4.98 Å². The fraction of sp³-hybridized carbons (Fsp3) is 0.0952. The zero-order valence-electron chi connectivity index (χ0n) is 16.2. The zero-order valence-corrected chi connectivity index (χ0v) is 17.9. The average Bonchev–Trinajstić information content (AvgIpc) is 3.18. The number of aromatic nitrogens is 2. The number of aromatic amines is 1. The highest BCUT2D eigenvalue weighted by Crippen LogP contribution is 2.31. The number of carbonyl (C=O) groups excluding carboxylic acids is 1. The number of hydrogen-bond donors (Lipinski definition) is 2. The van der Waals surface area contributed by atoms with E-state index in [-0.39, 0.29) is 22.9 Å². The molecule has 0 aliphatic rings. The third-order valence-electron chi connectivity index (χ3n) is 4.49. The number of benzene rings is 2. The van der Waals surface area contributed by atoms with E-state index in [0.29, 0.717) is 21.1 Å². The minimum absolute atomic E-state index is 0.0294. The van der Waals surface area contributed by atoms with Gasteiger partial charge in [0.15, 0.2) is 5.16 Å². The van der Waals surface area contributed by atoms with E-state index in [9.17, 15) is 19.7 Å². The maximum absolute atomic E-state index is 12.7. The van der Waals surface area contributed by atoms with Crippen molar-refractivity contribution in [1.29, 1.82) is 0 Å². The fourth-order valence-corrected chi connectivity index (χ4v) is 4.61. The van der Waals surface area contributed by atoms with Gasteiger partial charge in [0.1, 0.15) is 4.83 Å². The minimum Gasteiger partial charge on any atom is -0.325 e. The number of H-pyrrole nitrogens is 1. The van der Waals surface area contributed by atoms with Gasteiger partial charge in [-0.2, -0.15) is 0 Å². The number of hydrogen-bond acceptors (Lipinski definition) is 7. The van der Waals surface area contributed by atoms with E-state index in [1.165, 1.54) is 35.6 Å². The molecule has 0 saturated heterocycles. The number of amides is 1. The molecule has 0 fully saturated rings. The number of thioether (sulfide) groups is 1. The number of carbonyl (C=O) groups is 1. The van der Waals surface area contributed by atoms with Crippen LogP contribution in [0, 0.1) is 17.0 Å². The van der Waals surface area contributed by atoms with Gasteiger partial charge in [-0.3, -0.25) is 19.7 Å². The number of non-ortho nitro benzene ring substituents is 1. The lowest BCUT2D eigenvalue weighted by Gasteiger charge is -2.05. The Hall–Kier alpha value is -3.50. The van der Waals surface area contributed by atoms with E-state index in [1.54, 1.807) is 0 Å². The molecule has 0 bridgehead atoms. The first-order valence-electron chi connectivity index (χ1n) is 9.16. The van der Waals surface area contributed by atoms with E-state index >= 15 is 0 Å². The first-order chi connectivity index (χ1) is 14.9. The Balaban J connectivity index is 1.46. The molecule has 4 rings (SSSR count). The summed E-state index contributed by atoms with van der Waals surface area (Å²) >= 11 is 2.49. The van der Waals surface area contributed by atoms with Crippen LogP contribution in [0.1, 0.15) is 5.56 Å². The molecule has 0 atom stereocenters. The standard InChI is InChI=1S/C21H16N4O4S2/c1-12-2-4-13(5-3-12)16-10-30-20-18(16)19(27)23-21(24-20)31-11-17(26)22-14-6-8-15(9-7-14)25(28)29/h2-10H,11H2,1H3,(H,22,26)(H,23,24,27). The van der Waals surface area contributed by atoms with Crippen molar-refractivity contribution < 1.29 is 9.72 Å². The van der Waals surface area contributed by atoms with Crippen molar-refractivity contribution in [2.24, 2.45) is 0 Å². The zero-order chi connectivity index (χ0) is 22.0. The highest BCUT2D eigenvalue weighted by Gasteiger charge is 2.14. The van der Waals surface area contributed by atoms with Gasteiger partial charge in [0.2, 0.25) is 5.91 Å². The molecule has 2 N–H and O–H groups in total. The van der Waals surface area contributed by atoms with Crippen LogP contribution in [0.25, 0.3) is 21.3 Å². The van der Waals surface area contributed by atoms with Gasteiger partial charge in [0.05, 0.1) is 16.1 Å². The van der Waals surface area contributed by atoms with Gasteiger partial charge in [-0.1, -0.05) is 41.6 Å². The van der Waals surface area contributed by atoms with Crippen LogP contribution in [-0.4, -0.2) is 26.6 Å². The van der Waals surface area contributed by atoms with Crippen LogP contribution in [0.15, 0.2) is 63.9 Å². The second-order valence-electron chi connectivity index (χ2n) is 6.71. The highest BCUT2D eigenvalue weighted by molar-refractivity contribution is 7.99. The molecule has 0 aliphatic heterocycles. The number of aryl methyl sites for hydroxylation is 1. The van der Waals surface area contributed by atoms with E-state index in [2.05, 4.69) is 15.3 Å². The summed E-state index contributed by atoms with van der Waals surface area (Å²) in [6, 6.07) is 13.5. The second kappa shape index (κ2) is 8.70. The number of rotatable bonds is 6. The molecule has 0 aliphatic carbocycles.